The Morgan fingerprint density at radius 1 is 1.62 bits per heavy atom. The summed E-state index contributed by atoms with van der Waals surface area (Å²) in [5.74, 6) is -0.206. The number of nitrogens with zero attached hydrogens (tertiary/aromatic N) is 1. The van der Waals surface area contributed by atoms with Crippen LogP contribution in [0.3, 0.4) is 0 Å². The van der Waals surface area contributed by atoms with Crippen LogP contribution in [0, 0.1) is 3.70 Å². The van der Waals surface area contributed by atoms with Crippen molar-refractivity contribution in [2.45, 2.75) is 6.43 Å². The molecule has 0 saturated carbocycles. The summed E-state index contributed by atoms with van der Waals surface area (Å²) in [6.45, 7) is 0. The lowest BCUT2D eigenvalue weighted by Gasteiger charge is -2.06. The van der Waals surface area contributed by atoms with E-state index in [1.54, 1.807) is 22.6 Å². The van der Waals surface area contributed by atoms with Crippen molar-refractivity contribution in [1.29, 1.82) is 0 Å². The first kappa shape index (κ1) is 10.4. The second-order valence-corrected chi connectivity index (χ2v) is 3.21. The number of aromatic hydroxyl groups is 1. The van der Waals surface area contributed by atoms with Crippen LogP contribution in [-0.4, -0.2) is 17.2 Å². The van der Waals surface area contributed by atoms with Gasteiger partial charge in [0.1, 0.15) is 9.39 Å². The maximum Gasteiger partial charge on any atom is 0.280 e. The highest BCUT2D eigenvalue weighted by Crippen LogP contribution is 2.32. The SMILES string of the molecule is COc1cc(C(F)F)nc(I)c1O. The van der Waals surface area contributed by atoms with Crippen LogP contribution in [0.2, 0.25) is 0 Å². The monoisotopic (exact) mass is 301 g/mol. The van der Waals surface area contributed by atoms with Crippen LogP contribution in [0.25, 0.3) is 0 Å². The van der Waals surface area contributed by atoms with Crippen molar-refractivity contribution in [1.82, 2.24) is 4.98 Å². The van der Waals surface area contributed by atoms with Crippen LogP contribution in [0.15, 0.2) is 6.07 Å². The van der Waals surface area contributed by atoms with E-state index in [1.807, 2.05) is 0 Å². The lowest BCUT2D eigenvalue weighted by Crippen LogP contribution is -1.95. The van der Waals surface area contributed by atoms with Crippen molar-refractivity contribution >= 4 is 22.6 Å². The standard InChI is InChI=1S/C7H6F2INO2/c1-13-4-2-3(6(8)9)11-7(10)5(4)12/h2,6,12H,1H3. The normalized spacial score (nSPS) is 10.5. The highest BCUT2D eigenvalue weighted by Gasteiger charge is 2.15. The maximum atomic E-state index is 12.2. The third-order valence-electron chi connectivity index (χ3n) is 1.38. The number of hydrogen-bond donors (Lipinski definition) is 1. The van der Waals surface area contributed by atoms with Crippen molar-refractivity contribution in [3.8, 4) is 11.5 Å². The van der Waals surface area contributed by atoms with E-state index in [0.717, 1.165) is 6.07 Å². The van der Waals surface area contributed by atoms with E-state index < -0.39 is 12.1 Å². The third-order valence-corrected chi connectivity index (χ3v) is 2.13. The maximum absolute atomic E-state index is 12.2. The molecule has 72 valence electrons. The lowest BCUT2D eigenvalue weighted by molar-refractivity contribution is 0.145. The van der Waals surface area contributed by atoms with Gasteiger partial charge in [-0.3, -0.25) is 0 Å². The Morgan fingerprint density at radius 3 is 2.69 bits per heavy atom. The molecule has 0 bridgehead atoms. The van der Waals surface area contributed by atoms with Crippen molar-refractivity contribution < 1.29 is 18.6 Å². The molecule has 1 heterocycles. The second kappa shape index (κ2) is 4.03. The smallest absolute Gasteiger partial charge is 0.280 e. The minimum atomic E-state index is -2.66. The van der Waals surface area contributed by atoms with Crippen LogP contribution >= 0.6 is 22.6 Å². The van der Waals surface area contributed by atoms with Crippen LogP contribution in [-0.2, 0) is 0 Å². The highest BCUT2D eigenvalue weighted by molar-refractivity contribution is 14.1. The van der Waals surface area contributed by atoms with Crippen LogP contribution in [0.4, 0.5) is 8.78 Å². The van der Waals surface area contributed by atoms with Crippen molar-refractivity contribution in [3.05, 3.63) is 15.5 Å². The summed E-state index contributed by atoms with van der Waals surface area (Å²) in [5, 5.41) is 9.26. The molecule has 0 fully saturated rings. The Morgan fingerprint density at radius 2 is 2.23 bits per heavy atom. The molecule has 0 unspecified atom stereocenters. The summed E-state index contributed by atoms with van der Waals surface area (Å²) < 4.78 is 29.2. The Kier molecular flexibility index (Phi) is 3.23. The number of methoxy groups -OCH3 is 1. The van der Waals surface area contributed by atoms with Gasteiger partial charge in [-0.15, -0.1) is 0 Å². The number of halogens is 3. The predicted octanol–water partition coefficient (Wildman–Crippen LogP) is 2.34. The molecule has 1 aromatic rings. The topological polar surface area (TPSA) is 42.4 Å². The number of aromatic nitrogens is 1. The lowest BCUT2D eigenvalue weighted by atomic mass is 10.3. The molecule has 3 nitrogen and oxygen atoms in total. The van der Waals surface area contributed by atoms with Crippen LogP contribution < -0.4 is 4.74 Å². The van der Waals surface area contributed by atoms with Gasteiger partial charge in [0.05, 0.1) is 7.11 Å². The van der Waals surface area contributed by atoms with E-state index in [0.29, 0.717) is 0 Å². The first-order chi connectivity index (χ1) is 6.06. The molecule has 0 atom stereocenters. The summed E-state index contributed by atoms with van der Waals surface area (Å²) in [6.07, 6.45) is -2.66. The van der Waals surface area contributed by atoms with Crippen molar-refractivity contribution in [2.75, 3.05) is 7.11 Å². The third kappa shape index (κ3) is 2.17. The molecule has 0 aliphatic heterocycles. The largest absolute Gasteiger partial charge is 0.502 e. The van der Waals surface area contributed by atoms with E-state index in [4.69, 9.17) is 0 Å². The van der Waals surface area contributed by atoms with Gasteiger partial charge in [0.2, 0.25) is 0 Å². The molecule has 0 spiro atoms. The van der Waals surface area contributed by atoms with E-state index in [2.05, 4.69) is 9.72 Å². The van der Waals surface area contributed by atoms with Gasteiger partial charge in [-0.2, -0.15) is 0 Å². The number of ether oxygens (including phenoxy) is 1. The minimum absolute atomic E-state index is 0.00898. The second-order valence-electron chi connectivity index (χ2n) is 2.19. The van der Waals surface area contributed by atoms with Crippen molar-refractivity contribution in [3.63, 3.8) is 0 Å². The van der Waals surface area contributed by atoms with Gasteiger partial charge in [-0.25, -0.2) is 13.8 Å². The van der Waals surface area contributed by atoms with Gasteiger partial charge in [-0.05, 0) is 22.6 Å². The average Bonchev–Trinajstić information content (AvgIpc) is 2.09. The molecule has 0 aliphatic rings. The first-order valence-corrected chi connectivity index (χ1v) is 4.35. The Balaban J connectivity index is 3.22. The summed E-state index contributed by atoms with van der Waals surface area (Å²) in [4.78, 5) is 3.49. The quantitative estimate of drug-likeness (QED) is 0.673. The fraction of sp³-hybridized carbons (Fsp3) is 0.286. The number of rotatable bonds is 2. The molecule has 0 aromatic carbocycles. The molecule has 13 heavy (non-hydrogen) atoms. The zero-order chi connectivity index (χ0) is 10.0. The first-order valence-electron chi connectivity index (χ1n) is 3.27. The number of pyridine rings is 1. The Bertz CT molecular complexity index is 320. The molecular formula is C7H6F2INO2. The molecule has 0 radical (unpaired) electrons. The summed E-state index contributed by atoms with van der Waals surface area (Å²) >= 11 is 1.66. The van der Waals surface area contributed by atoms with E-state index in [-0.39, 0.29) is 15.2 Å². The average molecular weight is 301 g/mol. The van der Waals surface area contributed by atoms with Gasteiger partial charge in [-0.1, -0.05) is 0 Å². The fourth-order valence-electron chi connectivity index (χ4n) is 0.770. The molecule has 1 rings (SSSR count). The summed E-state index contributed by atoms with van der Waals surface area (Å²) in [7, 11) is 1.29. The number of hydrogen-bond acceptors (Lipinski definition) is 3. The van der Waals surface area contributed by atoms with Crippen LogP contribution in [0.5, 0.6) is 11.5 Å². The van der Waals surface area contributed by atoms with E-state index >= 15 is 0 Å². The molecule has 0 amide bonds. The molecular weight excluding hydrogens is 295 g/mol. The van der Waals surface area contributed by atoms with Gasteiger partial charge in [0.25, 0.3) is 6.43 Å². The van der Waals surface area contributed by atoms with Crippen LogP contribution in [0.1, 0.15) is 12.1 Å². The van der Waals surface area contributed by atoms with Gasteiger partial charge >= 0.3 is 0 Å². The summed E-state index contributed by atoms with van der Waals surface area (Å²) in [6, 6.07) is 1.02. The zero-order valence-electron chi connectivity index (χ0n) is 6.59. The Labute approximate surface area is 86.9 Å². The molecule has 0 saturated heterocycles. The minimum Gasteiger partial charge on any atom is -0.502 e. The van der Waals surface area contributed by atoms with Gasteiger partial charge < -0.3 is 9.84 Å². The zero-order valence-corrected chi connectivity index (χ0v) is 8.75. The van der Waals surface area contributed by atoms with E-state index in [9.17, 15) is 13.9 Å². The Hall–Kier alpha value is -0.660. The van der Waals surface area contributed by atoms with Gasteiger partial charge in [0, 0.05) is 6.07 Å². The molecule has 1 aromatic heterocycles. The van der Waals surface area contributed by atoms with E-state index in [1.165, 1.54) is 7.11 Å². The molecule has 1 N–H and O–H groups in total. The highest BCUT2D eigenvalue weighted by atomic mass is 127. The predicted molar refractivity (Wildman–Crippen MR) is 50.1 cm³/mol. The fourth-order valence-corrected chi connectivity index (χ4v) is 1.31. The number of alkyl halides is 2. The van der Waals surface area contributed by atoms with Gasteiger partial charge in [0.15, 0.2) is 11.5 Å². The molecule has 0 aliphatic carbocycles. The molecule has 6 heteroatoms. The summed E-state index contributed by atoms with van der Waals surface area (Å²) in [5.41, 5.74) is -0.404. The van der Waals surface area contributed by atoms with Crippen molar-refractivity contribution in [2.24, 2.45) is 0 Å².